The van der Waals surface area contributed by atoms with E-state index in [2.05, 4.69) is 12.2 Å². The fourth-order valence-electron chi connectivity index (χ4n) is 2.22. The van der Waals surface area contributed by atoms with Crippen LogP contribution in [-0.4, -0.2) is 39.1 Å². The molecule has 5 heteroatoms. The molecule has 2 N–H and O–H groups in total. The third-order valence-electron chi connectivity index (χ3n) is 3.47. The molecular weight excluding hydrogens is 270 g/mol. The maximum atomic E-state index is 9.80. The van der Waals surface area contributed by atoms with Gasteiger partial charge in [-0.25, -0.2) is 0 Å². The summed E-state index contributed by atoms with van der Waals surface area (Å²) in [6, 6.07) is 3.92. The topological polar surface area (TPSA) is 60.0 Å². The molecule has 0 aromatic heterocycles. The van der Waals surface area contributed by atoms with E-state index in [1.807, 2.05) is 19.1 Å². The fourth-order valence-corrected chi connectivity index (χ4v) is 2.22. The van der Waals surface area contributed by atoms with Gasteiger partial charge in [-0.1, -0.05) is 13.3 Å². The SMILES string of the molecule is CCCC(O)CNC(C)c1cc(OC)c(OC)c(OC)c1. The first kappa shape index (κ1) is 17.6. The van der Waals surface area contributed by atoms with Gasteiger partial charge in [0.1, 0.15) is 0 Å². The Hall–Kier alpha value is -1.46. The molecule has 1 rings (SSSR count). The number of methoxy groups -OCH3 is 3. The normalized spacial score (nSPS) is 13.6. The summed E-state index contributed by atoms with van der Waals surface area (Å²) in [6.07, 6.45) is 1.45. The molecule has 0 radical (unpaired) electrons. The Kier molecular flexibility index (Phi) is 7.32. The van der Waals surface area contributed by atoms with Gasteiger partial charge >= 0.3 is 0 Å². The lowest BCUT2D eigenvalue weighted by Gasteiger charge is -2.20. The maximum Gasteiger partial charge on any atom is 0.203 e. The minimum Gasteiger partial charge on any atom is -0.493 e. The zero-order chi connectivity index (χ0) is 15.8. The van der Waals surface area contributed by atoms with Crippen LogP contribution >= 0.6 is 0 Å². The first-order valence-corrected chi connectivity index (χ1v) is 7.28. The molecule has 0 aliphatic heterocycles. The van der Waals surface area contributed by atoms with E-state index < -0.39 is 0 Å². The summed E-state index contributed by atoms with van der Waals surface area (Å²) in [5.41, 5.74) is 1.02. The quantitative estimate of drug-likeness (QED) is 0.733. The Balaban J connectivity index is 2.86. The van der Waals surface area contributed by atoms with Crippen molar-refractivity contribution >= 4 is 0 Å². The molecule has 1 aromatic carbocycles. The van der Waals surface area contributed by atoms with Crippen molar-refractivity contribution in [2.75, 3.05) is 27.9 Å². The summed E-state index contributed by atoms with van der Waals surface area (Å²) in [4.78, 5) is 0. The number of aliphatic hydroxyl groups excluding tert-OH is 1. The lowest BCUT2D eigenvalue weighted by molar-refractivity contribution is 0.157. The van der Waals surface area contributed by atoms with Gasteiger partial charge in [-0.2, -0.15) is 0 Å². The average Bonchev–Trinajstić information content (AvgIpc) is 2.51. The summed E-state index contributed by atoms with van der Waals surface area (Å²) >= 11 is 0. The summed E-state index contributed by atoms with van der Waals surface area (Å²) in [7, 11) is 4.79. The highest BCUT2D eigenvalue weighted by Gasteiger charge is 2.16. The number of ether oxygens (including phenoxy) is 3. The van der Waals surface area contributed by atoms with Crippen LogP contribution in [0.3, 0.4) is 0 Å². The van der Waals surface area contributed by atoms with Crippen molar-refractivity contribution < 1.29 is 19.3 Å². The van der Waals surface area contributed by atoms with E-state index in [0.29, 0.717) is 23.8 Å². The van der Waals surface area contributed by atoms with Gasteiger partial charge in [-0.05, 0) is 31.0 Å². The van der Waals surface area contributed by atoms with Crippen molar-refractivity contribution in [2.45, 2.75) is 38.8 Å². The zero-order valence-corrected chi connectivity index (χ0v) is 13.6. The molecule has 120 valence electrons. The van der Waals surface area contributed by atoms with Crippen LogP contribution in [0.25, 0.3) is 0 Å². The van der Waals surface area contributed by atoms with Crippen LogP contribution in [0.1, 0.15) is 38.3 Å². The third-order valence-corrected chi connectivity index (χ3v) is 3.47. The number of benzene rings is 1. The minimum atomic E-state index is -0.320. The van der Waals surface area contributed by atoms with Crippen molar-refractivity contribution in [1.29, 1.82) is 0 Å². The maximum absolute atomic E-state index is 9.80. The Labute approximate surface area is 127 Å². The van der Waals surface area contributed by atoms with E-state index in [9.17, 15) is 5.11 Å². The molecule has 0 saturated carbocycles. The molecular formula is C16H27NO4. The Morgan fingerprint density at radius 1 is 1.10 bits per heavy atom. The monoisotopic (exact) mass is 297 g/mol. The van der Waals surface area contributed by atoms with Gasteiger partial charge in [0, 0.05) is 12.6 Å². The molecule has 0 heterocycles. The summed E-state index contributed by atoms with van der Waals surface area (Å²) in [6.45, 7) is 4.66. The van der Waals surface area contributed by atoms with E-state index >= 15 is 0 Å². The van der Waals surface area contributed by atoms with E-state index in [0.717, 1.165) is 18.4 Å². The van der Waals surface area contributed by atoms with Gasteiger partial charge in [-0.3, -0.25) is 0 Å². The van der Waals surface area contributed by atoms with Crippen LogP contribution < -0.4 is 19.5 Å². The number of aliphatic hydroxyl groups is 1. The van der Waals surface area contributed by atoms with Crippen molar-refractivity contribution in [2.24, 2.45) is 0 Å². The van der Waals surface area contributed by atoms with Gasteiger partial charge < -0.3 is 24.6 Å². The molecule has 2 unspecified atom stereocenters. The Morgan fingerprint density at radius 2 is 1.67 bits per heavy atom. The van der Waals surface area contributed by atoms with Gasteiger partial charge in [-0.15, -0.1) is 0 Å². The largest absolute Gasteiger partial charge is 0.493 e. The first-order valence-electron chi connectivity index (χ1n) is 7.28. The summed E-state index contributed by atoms with van der Waals surface area (Å²) in [5, 5.41) is 13.1. The van der Waals surface area contributed by atoms with Crippen molar-refractivity contribution in [1.82, 2.24) is 5.32 Å². The van der Waals surface area contributed by atoms with Crippen molar-refractivity contribution in [3.05, 3.63) is 17.7 Å². The molecule has 0 bridgehead atoms. The Morgan fingerprint density at radius 3 is 2.10 bits per heavy atom. The van der Waals surface area contributed by atoms with E-state index in [-0.39, 0.29) is 12.1 Å². The van der Waals surface area contributed by atoms with Gasteiger partial charge in [0.05, 0.1) is 27.4 Å². The number of nitrogens with one attached hydrogen (secondary N) is 1. The van der Waals surface area contributed by atoms with Gasteiger partial charge in [0.25, 0.3) is 0 Å². The van der Waals surface area contributed by atoms with Crippen LogP contribution in [0.15, 0.2) is 12.1 Å². The number of rotatable bonds is 9. The highest BCUT2D eigenvalue weighted by atomic mass is 16.5. The molecule has 0 spiro atoms. The van der Waals surface area contributed by atoms with Crippen LogP contribution in [0, 0.1) is 0 Å². The molecule has 5 nitrogen and oxygen atoms in total. The molecule has 2 atom stereocenters. The third kappa shape index (κ3) is 4.79. The lowest BCUT2D eigenvalue weighted by atomic mass is 10.1. The van der Waals surface area contributed by atoms with Crippen LogP contribution in [-0.2, 0) is 0 Å². The molecule has 1 aromatic rings. The zero-order valence-electron chi connectivity index (χ0n) is 13.6. The fraction of sp³-hybridized carbons (Fsp3) is 0.625. The molecule has 0 fully saturated rings. The van der Waals surface area contributed by atoms with E-state index in [1.165, 1.54) is 0 Å². The standard InChI is InChI=1S/C16H27NO4/c1-6-7-13(18)10-17-11(2)12-8-14(19-3)16(21-5)15(9-12)20-4/h8-9,11,13,17-18H,6-7,10H2,1-5H3. The summed E-state index contributed by atoms with van der Waals surface area (Å²) < 4.78 is 16.0. The van der Waals surface area contributed by atoms with Crippen LogP contribution in [0.2, 0.25) is 0 Å². The smallest absolute Gasteiger partial charge is 0.203 e. The second-order valence-electron chi connectivity index (χ2n) is 5.03. The number of hydrogen-bond acceptors (Lipinski definition) is 5. The minimum absolute atomic E-state index is 0.0743. The first-order chi connectivity index (χ1) is 10.1. The Bertz CT molecular complexity index is 411. The van der Waals surface area contributed by atoms with Crippen LogP contribution in [0.4, 0.5) is 0 Å². The summed E-state index contributed by atoms with van der Waals surface area (Å²) in [5.74, 6) is 1.85. The van der Waals surface area contributed by atoms with Gasteiger partial charge in [0.2, 0.25) is 5.75 Å². The molecule has 0 aliphatic carbocycles. The highest BCUT2D eigenvalue weighted by Crippen LogP contribution is 2.39. The van der Waals surface area contributed by atoms with Crippen molar-refractivity contribution in [3.63, 3.8) is 0 Å². The molecule has 0 amide bonds. The molecule has 0 saturated heterocycles. The second kappa shape index (κ2) is 8.74. The molecule has 0 aliphatic rings. The van der Waals surface area contributed by atoms with E-state index in [4.69, 9.17) is 14.2 Å². The van der Waals surface area contributed by atoms with Gasteiger partial charge in [0.15, 0.2) is 11.5 Å². The highest BCUT2D eigenvalue weighted by molar-refractivity contribution is 5.54. The predicted molar refractivity (Wildman–Crippen MR) is 83.4 cm³/mol. The lowest BCUT2D eigenvalue weighted by Crippen LogP contribution is -2.29. The second-order valence-corrected chi connectivity index (χ2v) is 5.03. The average molecular weight is 297 g/mol. The molecule has 21 heavy (non-hydrogen) atoms. The van der Waals surface area contributed by atoms with Crippen LogP contribution in [0.5, 0.6) is 17.2 Å². The predicted octanol–water partition coefficient (Wildman–Crippen LogP) is 2.52. The van der Waals surface area contributed by atoms with E-state index in [1.54, 1.807) is 21.3 Å². The number of hydrogen-bond donors (Lipinski definition) is 2. The van der Waals surface area contributed by atoms with Crippen molar-refractivity contribution in [3.8, 4) is 17.2 Å².